The van der Waals surface area contributed by atoms with Gasteiger partial charge in [-0.15, -0.1) is 0 Å². The zero-order valence-corrected chi connectivity index (χ0v) is 14.1. The number of benzene rings is 1. The van der Waals surface area contributed by atoms with Gasteiger partial charge in [0.15, 0.2) is 0 Å². The van der Waals surface area contributed by atoms with Crippen LogP contribution in [0, 0.1) is 5.92 Å². The second kappa shape index (κ2) is 7.70. The van der Waals surface area contributed by atoms with Crippen molar-refractivity contribution in [2.75, 3.05) is 25.2 Å². The van der Waals surface area contributed by atoms with Crippen LogP contribution in [0.5, 0.6) is 0 Å². The molecule has 0 bridgehead atoms. The summed E-state index contributed by atoms with van der Waals surface area (Å²) < 4.78 is 5.83. The number of hydrogen-bond acceptors (Lipinski definition) is 4. The van der Waals surface area contributed by atoms with Gasteiger partial charge in [-0.2, -0.15) is 11.8 Å². The summed E-state index contributed by atoms with van der Waals surface area (Å²) in [6.45, 7) is 4.10. The van der Waals surface area contributed by atoms with E-state index in [1.54, 1.807) is 23.7 Å². The fraction of sp³-hybridized carbons (Fsp3) is 0.471. The van der Waals surface area contributed by atoms with Gasteiger partial charge in [0.1, 0.15) is 11.3 Å². The van der Waals surface area contributed by atoms with Crippen LogP contribution in [0.4, 0.5) is 0 Å². The highest BCUT2D eigenvalue weighted by atomic mass is 32.2. The third-order valence-electron chi connectivity index (χ3n) is 3.77. The van der Waals surface area contributed by atoms with Crippen LogP contribution in [-0.2, 0) is 4.79 Å². The molecular weight excluding hydrogens is 298 g/mol. The number of furan rings is 1. The smallest absolute Gasteiger partial charge is 0.232 e. The van der Waals surface area contributed by atoms with Gasteiger partial charge in [-0.25, -0.2) is 0 Å². The van der Waals surface area contributed by atoms with Crippen molar-refractivity contribution < 1.29 is 14.3 Å². The minimum Gasteiger partial charge on any atom is -0.459 e. The van der Waals surface area contributed by atoms with Gasteiger partial charge >= 0.3 is 0 Å². The predicted octanol–water partition coefficient (Wildman–Crippen LogP) is 3.31. The van der Waals surface area contributed by atoms with Crippen LogP contribution in [0.2, 0.25) is 0 Å². The molecule has 120 valence electrons. The van der Waals surface area contributed by atoms with Crippen molar-refractivity contribution in [3.05, 3.63) is 36.1 Å². The summed E-state index contributed by atoms with van der Waals surface area (Å²) in [7, 11) is 1.80. The summed E-state index contributed by atoms with van der Waals surface area (Å²) in [5.41, 5.74) is 0.844. The summed E-state index contributed by atoms with van der Waals surface area (Å²) in [5, 5.41) is 10.0. The Labute approximate surface area is 135 Å². The Hall–Kier alpha value is -1.46. The molecule has 1 aromatic heterocycles. The van der Waals surface area contributed by atoms with Gasteiger partial charge in [-0.1, -0.05) is 25.1 Å². The van der Waals surface area contributed by atoms with Crippen LogP contribution in [0.15, 0.2) is 34.7 Å². The molecule has 0 aliphatic carbocycles. The molecule has 2 aromatic rings. The number of amides is 1. The van der Waals surface area contributed by atoms with Crippen molar-refractivity contribution >= 4 is 28.6 Å². The van der Waals surface area contributed by atoms with E-state index in [4.69, 9.17) is 9.52 Å². The molecule has 1 heterocycles. The second-order valence-electron chi connectivity index (χ2n) is 5.67. The third-order valence-corrected chi connectivity index (χ3v) is 5.03. The quantitative estimate of drug-likeness (QED) is 0.850. The number of hydrogen-bond donors (Lipinski definition) is 1. The van der Waals surface area contributed by atoms with E-state index < -0.39 is 0 Å². The number of rotatable bonds is 7. The number of thioether (sulfide) groups is 1. The summed E-state index contributed by atoms with van der Waals surface area (Å²) >= 11 is 1.56. The predicted molar refractivity (Wildman–Crippen MR) is 91.0 cm³/mol. The van der Waals surface area contributed by atoms with Gasteiger partial charge < -0.3 is 14.4 Å². The average Bonchev–Trinajstić information content (AvgIpc) is 2.97. The molecule has 1 aromatic carbocycles. The Bertz CT molecular complexity index is 592. The van der Waals surface area contributed by atoms with Gasteiger partial charge in [-0.3, -0.25) is 4.79 Å². The number of aliphatic hydroxyl groups is 1. The normalized spacial score (nSPS) is 14.0. The van der Waals surface area contributed by atoms with Crippen LogP contribution in [0.3, 0.4) is 0 Å². The molecule has 0 radical (unpaired) electrons. The Morgan fingerprint density at radius 2 is 2.09 bits per heavy atom. The van der Waals surface area contributed by atoms with Crippen molar-refractivity contribution in [2.24, 2.45) is 5.92 Å². The van der Waals surface area contributed by atoms with E-state index in [1.807, 2.05) is 44.2 Å². The molecule has 2 unspecified atom stereocenters. The van der Waals surface area contributed by atoms with E-state index in [9.17, 15) is 4.79 Å². The van der Waals surface area contributed by atoms with Crippen molar-refractivity contribution in [2.45, 2.75) is 19.9 Å². The summed E-state index contributed by atoms with van der Waals surface area (Å²) in [4.78, 5) is 14.0. The Morgan fingerprint density at radius 1 is 1.36 bits per heavy atom. The van der Waals surface area contributed by atoms with Crippen molar-refractivity contribution in [1.82, 2.24) is 4.90 Å². The molecule has 1 N–H and O–H groups in total. The zero-order valence-electron chi connectivity index (χ0n) is 13.3. The SMILES string of the molecule is CC(CO)CSCC(=O)N(C)C(C)c1cc2ccccc2o1. The number of nitrogens with zero attached hydrogens (tertiary/aromatic N) is 1. The Kier molecular flexibility index (Phi) is 5.91. The second-order valence-corrected chi connectivity index (χ2v) is 6.70. The zero-order chi connectivity index (χ0) is 16.1. The highest BCUT2D eigenvalue weighted by Crippen LogP contribution is 2.27. The number of para-hydroxylation sites is 1. The van der Waals surface area contributed by atoms with Crippen molar-refractivity contribution in [3.8, 4) is 0 Å². The summed E-state index contributed by atoms with van der Waals surface area (Å²) in [6, 6.07) is 9.73. The van der Waals surface area contributed by atoms with Crippen LogP contribution in [0.1, 0.15) is 25.6 Å². The number of fused-ring (bicyclic) bond motifs is 1. The minimum atomic E-state index is -0.101. The first-order valence-corrected chi connectivity index (χ1v) is 8.61. The van der Waals surface area contributed by atoms with E-state index >= 15 is 0 Å². The van der Waals surface area contributed by atoms with E-state index in [-0.39, 0.29) is 24.5 Å². The molecular formula is C17H23NO3S. The van der Waals surface area contributed by atoms with E-state index in [0.29, 0.717) is 5.75 Å². The first-order valence-electron chi connectivity index (χ1n) is 7.45. The van der Waals surface area contributed by atoms with Crippen LogP contribution >= 0.6 is 11.8 Å². The van der Waals surface area contributed by atoms with Gasteiger partial charge in [0.2, 0.25) is 5.91 Å². The third kappa shape index (κ3) is 4.05. The Morgan fingerprint density at radius 3 is 2.77 bits per heavy atom. The van der Waals surface area contributed by atoms with Crippen molar-refractivity contribution in [1.29, 1.82) is 0 Å². The average molecular weight is 321 g/mol. The lowest BCUT2D eigenvalue weighted by atomic mass is 10.2. The summed E-state index contributed by atoms with van der Waals surface area (Å²) in [6.07, 6.45) is 0. The summed E-state index contributed by atoms with van der Waals surface area (Å²) in [5.74, 6) is 2.30. The van der Waals surface area contributed by atoms with Crippen LogP contribution < -0.4 is 0 Å². The Balaban J connectivity index is 1.95. The maximum atomic E-state index is 12.2. The highest BCUT2D eigenvalue weighted by molar-refractivity contribution is 7.99. The van der Waals surface area contributed by atoms with Crippen LogP contribution in [-0.4, -0.2) is 41.1 Å². The standard InChI is InChI=1S/C17H23NO3S/c1-12(9-19)10-22-11-17(20)18(3)13(2)16-8-14-6-4-5-7-15(14)21-16/h4-8,12-13,19H,9-11H2,1-3H3. The molecule has 0 saturated carbocycles. The number of aliphatic hydroxyl groups excluding tert-OH is 1. The minimum absolute atomic E-state index is 0.0723. The van der Waals surface area contributed by atoms with Gasteiger partial charge in [-0.05, 0) is 30.7 Å². The molecule has 1 amide bonds. The molecule has 0 aliphatic heterocycles. The van der Waals surface area contributed by atoms with E-state index in [2.05, 4.69) is 0 Å². The lowest BCUT2D eigenvalue weighted by molar-refractivity contribution is -0.129. The molecule has 0 spiro atoms. The molecule has 0 fully saturated rings. The fourth-order valence-corrected chi connectivity index (χ4v) is 3.12. The fourth-order valence-electron chi connectivity index (χ4n) is 2.12. The first-order chi connectivity index (χ1) is 10.5. The highest BCUT2D eigenvalue weighted by Gasteiger charge is 2.20. The maximum Gasteiger partial charge on any atom is 0.232 e. The monoisotopic (exact) mass is 321 g/mol. The molecule has 0 aliphatic rings. The molecule has 2 atom stereocenters. The van der Waals surface area contributed by atoms with Gasteiger partial charge in [0.25, 0.3) is 0 Å². The largest absolute Gasteiger partial charge is 0.459 e. The maximum absolute atomic E-state index is 12.2. The molecule has 22 heavy (non-hydrogen) atoms. The van der Waals surface area contributed by atoms with Crippen molar-refractivity contribution in [3.63, 3.8) is 0 Å². The lowest BCUT2D eigenvalue weighted by Crippen LogP contribution is -2.31. The van der Waals surface area contributed by atoms with Gasteiger partial charge in [0, 0.05) is 19.0 Å². The number of carbonyl (C=O) groups is 1. The van der Waals surface area contributed by atoms with Crippen LogP contribution in [0.25, 0.3) is 11.0 Å². The van der Waals surface area contributed by atoms with E-state index in [0.717, 1.165) is 22.5 Å². The molecule has 5 heteroatoms. The molecule has 2 rings (SSSR count). The number of carbonyl (C=O) groups excluding carboxylic acids is 1. The topological polar surface area (TPSA) is 53.7 Å². The van der Waals surface area contributed by atoms with E-state index in [1.165, 1.54) is 0 Å². The lowest BCUT2D eigenvalue weighted by Gasteiger charge is -2.23. The van der Waals surface area contributed by atoms with Gasteiger partial charge in [0.05, 0.1) is 11.8 Å². The molecule has 0 saturated heterocycles. The first kappa shape index (κ1) is 16.9. The molecule has 4 nitrogen and oxygen atoms in total.